The molecule has 1 aliphatic heterocycles. The molecule has 2 heterocycles. The van der Waals surface area contributed by atoms with Gasteiger partial charge in [-0.1, -0.05) is 35.9 Å². The monoisotopic (exact) mass is 307 g/mol. The fourth-order valence-electron chi connectivity index (χ4n) is 3.37. The first-order chi connectivity index (χ1) is 10.8. The second kappa shape index (κ2) is 5.15. The Kier molecular flexibility index (Phi) is 3.13. The minimum atomic E-state index is 0.707. The van der Waals surface area contributed by atoms with E-state index >= 15 is 0 Å². The molecule has 0 radical (unpaired) electrons. The largest absolute Gasteiger partial charge is 0.265 e. The minimum Gasteiger partial charge on any atom is -0.265 e. The Hall–Kier alpha value is -2.31. The zero-order valence-electron chi connectivity index (χ0n) is 12.0. The Morgan fingerprint density at radius 3 is 2.77 bits per heavy atom. The molecule has 3 nitrogen and oxygen atoms in total. The van der Waals surface area contributed by atoms with Gasteiger partial charge in [-0.05, 0) is 30.9 Å². The average Bonchev–Trinajstić information content (AvgIpc) is 2.98. The summed E-state index contributed by atoms with van der Waals surface area (Å²) in [4.78, 5) is 0. The highest BCUT2D eigenvalue weighted by Gasteiger charge is 2.23. The summed E-state index contributed by atoms with van der Waals surface area (Å²) >= 11 is 6.71. The first kappa shape index (κ1) is 13.4. The molecule has 0 unspecified atom stereocenters. The maximum atomic E-state index is 9.78. The van der Waals surface area contributed by atoms with Crippen molar-refractivity contribution in [3.05, 3.63) is 52.7 Å². The van der Waals surface area contributed by atoms with E-state index < -0.39 is 0 Å². The van der Waals surface area contributed by atoms with Crippen LogP contribution < -0.4 is 0 Å². The van der Waals surface area contributed by atoms with E-state index in [9.17, 15) is 5.26 Å². The predicted octanol–water partition coefficient (Wildman–Crippen LogP) is 4.56. The third-order valence-corrected chi connectivity index (χ3v) is 4.81. The van der Waals surface area contributed by atoms with Crippen molar-refractivity contribution in [1.29, 1.82) is 5.26 Å². The standard InChI is InChI=1S/C18H14ClN3/c19-18-13-6-2-1-5-12(13)15(11-20)17-14(18)7-3-4-10-22-16(17)8-9-21-22/h1-2,5-6,8-9H,3-4,7,10H2. The zero-order chi connectivity index (χ0) is 15.1. The number of hydrogen-bond donors (Lipinski definition) is 0. The molecule has 3 aromatic rings. The SMILES string of the molecule is N#Cc1c2c(c(Cl)c3ccccc13)CCCCn1nccc1-2. The molecule has 0 atom stereocenters. The van der Waals surface area contributed by atoms with Crippen molar-refractivity contribution in [2.24, 2.45) is 0 Å². The quantitative estimate of drug-likeness (QED) is 0.610. The highest BCUT2D eigenvalue weighted by atomic mass is 35.5. The molecule has 0 saturated heterocycles. The van der Waals surface area contributed by atoms with E-state index in [2.05, 4.69) is 11.2 Å². The van der Waals surface area contributed by atoms with Crippen LogP contribution in [0.3, 0.4) is 0 Å². The van der Waals surface area contributed by atoms with Crippen LogP contribution in [0.4, 0.5) is 0 Å². The van der Waals surface area contributed by atoms with Crippen molar-refractivity contribution in [1.82, 2.24) is 9.78 Å². The number of halogens is 1. The summed E-state index contributed by atoms with van der Waals surface area (Å²) in [5, 5.41) is 16.9. The van der Waals surface area contributed by atoms with Crippen molar-refractivity contribution in [2.45, 2.75) is 25.8 Å². The van der Waals surface area contributed by atoms with Crippen LogP contribution in [0.15, 0.2) is 36.5 Å². The number of benzene rings is 2. The molecule has 2 aromatic carbocycles. The van der Waals surface area contributed by atoms with Gasteiger partial charge in [-0.3, -0.25) is 4.68 Å². The highest BCUT2D eigenvalue weighted by Crippen LogP contribution is 2.41. The number of aromatic nitrogens is 2. The second-order valence-electron chi connectivity index (χ2n) is 5.60. The third kappa shape index (κ3) is 1.84. The molecule has 0 amide bonds. The first-order valence-electron chi connectivity index (χ1n) is 7.46. The van der Waals surface area contributed by atoms with Gasteiger partial charge in [0, 0.05) is 29.1 Å². The van der Waals surface area contributed by atoms with Gasteiger partial charge in [-0.25, -0.2) is 0 Å². The maximum Gasteiger partial charge on any atom is 0.100 e. The molecule has 0 fully saturated rings. The van der Waals surface area contributed by atoms with E-state index in [-0.39, 0.29) is 0 Å². The van der Waals surface area contributed by atoms with Gasteiger partial charge in [0.2, 0.25) is 0 Å². The van der Waals surface area contributed by atoms with Gasteiger partial charge < -0.3 is 0 Å². The minimum absolute atomic E-state index is 0.707. The lowest BCUT2D eigenvalue weighted by molar-refractivity contribution is 0.555. The zero-order valence-corrected chi connectivity index (χ0v) is 12.8. The average molecular weight is 308 g/mol. The Labute approximate surface area is 133 Å². The number of aryl methyl sites for hydroxylation is 1. The highest BCUT2D eigenvalue weighted by molar-refractivity contribution is 6.37. The van der Waals surface area contributed by atoms with Crippen molar-refractivity contribution >= 4 is 22.4 Å². The fraction of sp³-hybridized carbons (Fsp3) is 0.222. The van der Waals surface area contributed by atoms with E-state index in [4.69, 9.17) is 11.6 Å². The van der Waals surface area contributed by atoms with E-state index in [0.717, 1.165) is 58.4 Å². The Balaban J connectivity index is 2.20. The molecule has 0 bridgehead atoms. The number of nitriles is 1. The van der Waals surface area contributed by atoms with Crippen LogP contribution in [0.25, 0.3) is 22.0 Å². The maximum absolute atomic E-state index is 9.78. The normalized spacial score (nSPS) is 13.8. The van der Waals surface area contributed by atoms with Gasteiger partial charge in [0.1, 0.15) is 6.07 Å². The first-order valence-corrected chi connectivity index (χ1v) is 7.84. The second-order valence-corrected chi connectivity index (χ2v) is 5.97. The van der Waals surface area contributed by atoms with Gasteiger partial charge in [0.25, 0.3) is 0 Å². The third-order valence-electron chi connectivity index (χ3n) is 4.38. The molecule has 0 N–H and O–H groups in total. The lowest BCUT2D eigenvalue weighted by Crippen LogP contribution is -2.09. The number of fused-ring (bicyclic) bond motifs is 4. The smallest absolute Gasteiger partial charge is 0.100 e. The molecule has 4 rings (SSSR count). The van der Waals surface area contributed by atoms with Gasteiger partial charge >= 0.3 is 0 Å². The predicted molar refractivity (Wildman–Crippen MR) is 87.8 cm³/mol. The number of nitrogens with zero attached hydrogens (tertiary/aromatic N) is 3. The molecule has 1 aliphatic rings. The lowest BCUT2D eigenvalue weighted by Gasteiger charge is -2.20. The van der Waals surface area contributed by atoms with Crippen molar-refractivity contribution < 1.29 is 0 Å². The summed E-state index contributed by atoms with van der Waals surface area (Å²) in [5.74, 6) is 0. The molecule has 108 valence electrons. The van der Waals surface area contributed by atoms with Crippen molar-refractivity contribution in [2.75, 3.05) is 0 Å². The van der Waals surface area contributed by atoms with Gasteiger partial charge in [0.05, 0.1) is 16.3 Å². The molecular weight excluding hydrogens is 294 g/mol. The summed E-state index contributed by atoms with van der Waals surface area (Å²) in [6.07, 6.45) is 4.82. The lowest BCUT2D eigenvalue weighted by atomic mass is 9.89. The van der Waals surface area contributed by atoms with Crippen LogP contribution in [0, 0.1) is 11.3 Å². The summed E-state index contributed by atoms with van der Waals surface area (Å²) < 4.78 is 1.99. The van der Waals surface area contributed by atoms with Crippen LogP contribution in [-0.4, -0.2) is 9.78 Å². The van der Waals surface area contributed by atoms with E-state index in [0.29, 0.717) is 5.56 Å². The Morgan fingerprint density at radius 1 is 1.14 bits per heavy atom. The van der Waals surface area contributed by atoms with E-state index in [1.165, 1.54) is 0 Å². The van der Waals surface area contributed by atoms with Crippen LogP contribution in [0.1, 0.15) is 24.0 Å². The van der Waals surface area contributed by atoms with Crippen molar-refractivity contribution in [3.63, 3.8) is 0 Å². The van der Waals surface area contributed by atoms with Crippen LogP contribution >= 0.6 is 11.6 Å². The number of rotatable bonds is 0. The molecule has 0 saturated carbocycles. The summed E-state index contributed by atoms with van der Waals surface area (Å²) in [6, 6.07) is 12.3. The molecular formula is C18H14ClN3. The van der Waals surface area contributed by atoms with Crippen LogP contribution in [-0.2, 0) is 13.0 Å². The van der Waals surface area contributed by atoms with Crippen LogP contribution in [0.5, 0.6) is 0 Å². The molecule has 4 heteroatoms. The Bertz CT molecular complexity index is 918. The summed E-state index contributed by atoms with van der Waals surface area (Å²) in [7, 11) is 0. The van der Waals surface area contributed by atoms with Crippen molar-refractivity contribution in [3.8, 4) is 17.3 Å². The molecule has 0 spiro atoms. The van der Waals surface area contributed by atoms with Gasteiger partial charge in [-0.2, -0.15) is 10.4 Å². The molecule has 0 aliphatic carbocycles. The Morgan fingerprint density at radius 2 is 1.95 bits per heavy atom. The van der Waals surface area contributed by atoms with Crippen LogP contribution in [0.2, 0.25) is 5.02 Å². The summed E-state index contributed by atoms with van der Waals surface area (Å²) in [6.45, 7) is 0.886. The molecule has 1 aromatic heterocycles. The van der Waals surface area contributed by atoms with Gasteiger partial charge in [-0.15, -0.1) is 0 Å². The van der Waals surface area contributed by atoms with E-state index in [1.807, 2.05) is 35.0 Å². The summed E-state index contributed by atoms with van der Waals surface area (Å²) in [5.41, 5.74) is 3.75. The van der Waals surface area contributed by atoms with E-state index in [1.54, 1.807) is 6.20 Å². The fourth-order valence-corrected chi connectivity index (χ4v) is 3.72. The van der Waals surface area contributed by atoms with Gasteiger partial charge in [0.15, 0.2) is 0 Å². The topological polar surface area (TPSA) is 41.6 Å². The molecule has 22 heavy (non-hydrogen) atoms. The number of hydrogen-bond acceptors (Lipinski definition) is 2.